The molecule has 1 atom stereocenters. The molecule has 0 saturated carbocycles. The zero-order valence-electron chi connectivity index (χ0n) is 25.9. The number of hydrogen-bond acceptors (Lipinski definition) is 5. The third-order valence-corrected chi connectivity index (χ3v) is 7.31. The van der Waals surface area contributed by atoms with Crippen molar-refractivity contribution in [1.29, 1.82) is 0 Å². The van der Waals surface area contributed by atoms with Crippen LogP contribution in [0.4, 0.5) is 0 Å². The van der Waals surface area contributed by atoms with Gasteiger partial charge in [-0.3, -0.25) is 9.59 Å². The molecule has 0 unspecified atom stereocenters. The fourth-order valence-corrected chi connectivity index (χ4v) is 4.72. The van der Waals surface area contributed by atoms with Crippen LogP contribution in [0.25, 0.3) is 0 Å². The van der Waals surface area contributed by atoms with Crippen molar-refractivity contribution in [2.45, 2.75) is 180 Å². The molecule has 5 nitrogen and oxygen atoms in total. The fraction of sp³-hybridized carbons (Fsp3) is 0.882. The summed E-state index contributed by atoms with van der Waals surface area (Å²) >= 11 is 0. The maximum absolute atomic E-state index is 12.1. The van der Waals surface area contributed by atoms with Crippen molar-refractivity contribution in [2.24, 2.45) is 0 Å². The summed E-state index contributed by atoms with van der Waals surface area (Å²) in [5.74, 6) is -0.597. The van der Waals surface area contributed by atoms with E-state index in [1.54, 1.807) is 0 Å². The molecule has 39 heavy (non-hydrogen) atoms. The van der Waals surface area contributed by atoms with Crippen molar-refractivity contribution in [1.82, 2.24) is 0 Å². The molecule has 1 N–H and O–H groups in total. The molecule has 0 bridgehead atoms. The monoisotopic (exact) mass is 552 g/mol. The summed E-state index contributed by atoms with van der Waals surface area (Å²) in [6.07, 6.45) is 32.6. The second-order valence-electron chi connectivity index (χ2n) is 11.2. The van der Waals surface area contributed by atoms with E-state index in [2.05, 4.69) is 26.0 Å². The lowest BCUT2D eigenvalue weighted by molar-refractivity contribution is -0.161. The van der Waals surface area contributed by atoms with Gasteiger partial charge >= 0.3 is 11.9 Å². The van der Waals surface area contributed by atoms with E-state index in [0.29, 0.717) is 12.8 Å². The molecule has 0 aromatic carbocycles. The molecule has 0 aliphatic carbocycles. The summed E-state index contributed by atoms with van der Waals surface area (Å²) < 4.78 is 10.5. The number of aliphatic hydroxyl groups excluding tert-OH is 1. The number of carbonyl (C=O) groups excluding carboxylic acids is 2. The average Bonchev–Trinajstić information content (AvgIpc) is 2.94. The molecule has 0 heterocycles. The van der Waals surface area contributed by atoms with Gasteiger partial charge in [0.1, 0.15) is 6.61 Å². The Labute approximate surface area is 241 Å². The first-order valence-electron chi connectivity index (χ1n) is 16.7. The van der Waals surface area contributed by atoms with Crippen LogP contribution in [0.1, 0.15) is 174 Å². The van der Waals surface area contributed by atoms with Crippen LogP contribution in [0.15, 0.2) is 12.2 Å². The van der Waals surface area contributed by atoms with Gasteiger partial charge < -0.3 is 14.6 Å². The zero-order valence-corrected chi connectivity index (χ0v) is 25.9. The molecule has 0 spiro atoms. The summed E-state index contributed by atoms with van der Waals surface area (Å²) in [6, 6.07) is 0. The van der Waals surface area contributed by atoms with Crippen LogP contribution < -0.4 is 0 Å². The van der Waals surface area contributed by atoms with Crippen molar-refractivity contribution in [3.8, 4) is 0 Å². The Hall–Kier alpha value is -1.36. The van der Waals surface area contributed by atoms with Crippen LogP contribution in [0, 0.1) is 0 Å². The molecule has 0 aromatic heterocycles. The SMILES string of the molecule is CCCCC/C=C/CCCCCCCC(=O)OC[C@H](CO)OC(=O)CCCCCCCCCCCCCCC. The van der Waals surface area contributed by atoms with E-state index in [9.17, 15) is 14.7 Å². The molecule has 0 aromatic rings. The van der Waals surface area contributed by atoms with Crippen LogP contribution in [-0.4, -0.2) is 36.4 Å². The van der Waals surface area contributed by atoms with Crippen molar-refractivity contribution < 1.29 is 24.2 Å². The molecule has 0 rings (SSSR count). The summed E-state index contributed by atoms with van der Waals surface area (Å²) in [6.45, 7) is 4.09. The molecule has 0 radical (unpaired) electrons. The first-order chi connectivity index (χ1) is 19.1. The minimum Gasteiger partial charge on any atom is -0.462 e. The Balaban J connectivity index is 3.57. The Morgan fingerprint density at radius 3 is 1.44 bits per heavy atom. The van der Waals surface area contributed by atoms with Crippen molar-refractivity contribution in [3.63, 3.8) is 0 Å². The second-order valence-corrected chi connectivity index (χ2v) is 11.2. The first-order valence-corrected chi connectivity index (χ1v) is 16.7. The summed E-state index contributed by atoms with van der Waals surface area (Å²) in [5, 5.41) is 9.49. The van der Waals surface area contributed by atoms with Crippen LogP contribution in [0.3, 0.4) is 0 Å². The Morgan fingerprint density at radius 1 is 0.564 bits per heavy atom. The molecule has 0 amide bonds. The van der Waals surface area contributed by atoms with Gasteiger partial charge in [0.15, 0.2) is 6.10 Å². The lowest BCUT2D eigenvalue weighted by atomic mass is 10.0. The van der Waals surface area contributed by atoms with Gasteiger partial charge in [-0.25, -0.2) is 0 Å². The fourth-order valence-electron chi connectivity index (χ4n) is 4.72. The summed E-state index contributed by atoms with van der Waals surface area (Å²) in [7, 11) is 0. The number of esters is 2. The second kappa shape index (κ2) is 31.2. The number of carbonyl (C=O) groups is 2. The molecule has 230 valence electrons. The lowest BCUT2D eigenvalue weighted by Crippen LogP contribution is -2.28. The van der Waals surface area contributed by atoms with Crippen molar-refractivity contribution >= 4 is 11.9 Å². The number of ether oxygens (including phenoxy) is 2. The van der Waals surface area contributed by atoms with E-state index in [-0.39, 0.29) is 25.2 Å². The standard InChI is InChI=1S/C34H64O5/c1-3-5-7-9-11-13-15-17-19-21-23-25-27-29-34(37)39-32(30-35)31-38-33(36)28-26-24-22-20-18-16-14-12-10-8-6-4-2/h12,14,32,35H,3-11,13,15-31H2,1-2H3/b14-12+/t32-/m0/s1. The Morgan fingerprint density at radius 2 is 0.949 bits per heavy atom. The van der Waals surface area contributed by atoms with Gasteiger partial charge in [0.05, 0.1) is 6.61 Å². The highest BCUT2D eigenvalue weighted by Gasteiger charge is 2.16. The minimum absolute atomic E-state index is 0.0652. The highest BCUT2D eigenvalue weighted by molar-refractivity contribution is 5.70. The van der Waals surface area contributed by atoms with Crippen LogP contribution in [0.2, 0.25) is 0 Å². The predicted octanol–water partition coefficient (Wildman–Crippen LogP) is 9.78. The average molecular weight is 553 g/mol. The highest BCUT2D eigenvalue weighted by atomic mass is 16.6. The van der Waals surface area contributed by atoms with Gasteiger partial charge in [-0.05, 0) is 38.5 Å². The van der Waals surface area contributed by atoms with Crippen molar-refractivity contribution in [3.05, 3.63) is 12.2 Å². The van der Waals surface area contributed by atoms with Crippen molar-refractivity contribution in [2.75, 3.05) is 13.2 Å². The largest absolute Gasteiger partial charge is 0.462 e. The molecule has 0 saturated heterocycles. The van der Waals surface area contributed by atoms with E-state index in [0.717, 1.165) is 44.9 Å². The molecule has 0 fully saturated rings. The first kappa shape index (κ1) is 37.6. The lowest BCUT2D eigenvalue weighted by Gasteiger charge is -2.15. The highest BCUT2D eigenvalue weighted by Crippen LogP contribution is 2.14. The van der Waals surface area contributed by atoms with Crippen LogP contribution in [0.5, 0.6) is 0 Å². The van der Waals surface area contributed by atoms with Crippen LogP contribution in [-0.2, 0) is 19.1 Å². The minimum atomic E-state index is -0.765. The summed E-state index contributed by atoms with van der Waals surface area (Å²) in [4.78, 5) is 24.1. The Kier molecular flexibility index (Phi) is 30.1. The van der Waals surface area contributed by atoms with Gasteiger partial charge in [0.2, 0.25) is 0 Å². The van der Waals surface area contributed by atoms with E-state index in [1.807, 2.05) is 0 Å². The van der Waals surface area contributed by atoms with E-state index >= 15 is 0 Å². The molecular weight excluding hydrogens is 488 g/mol. The van der Waals surface area contributed by atoms with E-state index in [1.165, 1.54) is 103 Å². The molecule has 5 heteroatoms. The maximum Gasteiger partial charge on any atom is 0.306 e. The third kappa shape index (κ3) is 29.4. The zero-order chi connectivity index (χ0) is 28.7. The number of aliphatic hydroxyl groups is 1. The third-order valence-electron chi connectivity index (χ3n) is 7.31. The van der Waals surface area contributed by atoms with Gasteiger partial charge in [0.25, 0.3) is 0 Å². The Bertz CT molecular complexity index is 560. The van der Waals surface area contributed by atoms with Gasteiger partial charge in [-0.2, -0.15) is 0 Å². The maximum atomic E-state index is 12.1. The molecular formula is C34H64O5. The quantitative estimate of drug-likeness (QED) is 0.0545. The van der Waals surface area contributed by atoms with E-state index < -0.39 is 6.10 Å². The normalized spacial score (nSPS) is 12.2. The number of allylic oxidation sites excluding steroid dienone is 2. The van der Waals surface area contributed by atoms with Gasteiger partial charge in [-0.15, -0.1) is 0 Å². The topological polar surface area (TPSA) is 72.8 Å². The number of unbranched alkanes of at least 4 members (excludes halogenated alkanes) is 20. The van der Waals surface area contributed by atoms with Gasteiger partial charge in [0, 0.05) is 12.8 Å². The number of hydrogen-bond donors (Lipinski definition) is 1. The number of rotatable bonds is 30. The predicted molar refractivity (Wildman–Crippen MR) is 164 cm³/mol. The smallest absolute Gasteiger partial charge is 0.306 e. The van der Waals surface area contributed by atoms with Crippen LogP contribution >= 0.6 is 0 Å². The molecule has 0 aliphatic rings. The summed E-state index contributed by atoms with van der Waals surface area (Å²) in [5.41, 5.74) is 0. The molecule has 0 aliphatic heterocycles. The van der Waals surface area contributed by atoms with Gasteiger partial charge in [-0.1, -0.05) is 135 Å². The van der Waals surface area contributed by atoms with E-state index in [4.69, 9.17) is 9.47 Å².